The van der Waals surface area contributed by atoms with Crippen molar-refractivity contribution in [1.82, 2.24) is 4.90 Å². The fourth-order valence-electron chi connectivity index (χ4n) is 4.43. The summed E-state index contributed by atoms with van der Waals surface area (Å²) in [6, 6.07) is 6.46. The minimum atomic E-state index is -0.551. The quantitative estimate of drug-likeness (QED) is 0.291. The molecule has 1 aromatic carbocycles. The van der Waals surface area contributed by atoms with Crippen molar-refractivity contribution < 1.29 is 19.0 Å². The van der Waals surface area contributed by atoms with E-state index in [0.29, 0.717) is 22.9 Å². The fourth-order valence-corrected chi connectivity index (χ4v) is 5.43. The number of carbonyl (C=O) groups excluding carboxylic acids is 1. The Kier molecular flexibility index (Phi) is 7.89. The van der Waals surface area contributed by atoms with E-state index in [0.717, 1.165) is 56.5 Å². The largest absolute Gasteiger partial charge is 0.489 e. The summed E-state index contributed by atoms with van der Waals surface area (Å²) in [5.41, 5.74) is 1.04. The predicted octanol–water partition coefficient (Wildman–Crippen LogP) is 5.17. The summed E-state index contributed by atoms with van der Waals surface area (Å²) in [7, 11) is 0. The molecule has 2 aliphatic rings. The van der Waals surface area contributed by atoms with Crippen molar-refractivity contribution in [3.63, 3.8) is 0 Å². The molecule has 8 heteroatoms. The Balaban J connectivity index is 1.33. The van der Waals surface area contributed by atoms with Crippen molar-refractivity contribution in [3.05, 3.63) is 39.8 Å². The Morgan fingerprint density at radius 2 is 2.03 bits per heavy atom. The van der Waals surface area contributed by atoms with Crippen LogP contribution in [-0.2, 0) is 0 Å². The van der Waals surface area contributed by atoms with E-state index in [1.165, 1.54) is 36.6 Å². The van der Waals surface area contributed by atoms with E-state index in [9.17, 15) is 14.3 Å². The van der Waals surface area contributed by atoms with Crippen LogP contribution in [0.5, 0.6) is 5.75 Å². The van der Waals surface area contributed by atoms with Gasteiger partial charge in [-0.05, 0) is 62.9 Å². The van der Waals surface area contributed by atoms with Crippen LogP contribution in [0.15, 0.2) is 29.3 Å². The number of benzene rings is 1. The highest BCUT2D eigenvalue weighted by molar-refractivity contribution is 7.14. The number of carbonyl (C=O) groups is 1. The van der Waals surface area contributed by atoms with Gasteiger partial charge in [0.1, 0.15) is 6.61 Å². The third kappa shape index (κ3) is 5.74. The highest BCUT2D eigenvalue weighted by Crippen LogP contribution is 2.40. The summed E-state index contributed by atoms with van der Waals surface area (Å²) in [4.78, 5) is 19.3. The van der Waals surface area contributed by atoms with E-state index < -0.39 is 11.9 Å². The molecule has 1 aromatic heterocycles. The molecule has 0 amide bonds. The fraction of sp³-hybridized carbons (Fsp3) is 0.500. The number of rotatable bonds is 10. The molecule has 1 atom stereocenters. The topological polar surface area (TPSA) is 74.2 Å². The molecule has 0 spiro atoms. The number of thiophene rings is 1. The average molecular weight is 460 g/mol. The van der Waals surface area contributed by atoms with Gasteiger partial charge >= 0.3 is 0 Å². The lowest BCUT2D eigenvalue weighted by molar-refractivity contribution is 0.112. The van der Waals surface area contributed by atoms with Crippen LogP contribution >= 0.6 is 11.3 Å². The van der Waals surface area contributed by atoms with Crippen molar-refractivity contribution in [1.29, 1.82) is 0 Å². The zero-order valence-electron chi connectivity index (χ0n) is 18.1. The minimum Gasteiger partial charge on any atom is -0.489 e. The first kappa shape index (κ1) is 22.9. The first-order chi connectivity index (χ1) is 15.6. The number of anilines is 1. The number of likely N-dealkylation sites (tertiary alicyclic amines) is 1. The second kappa shape index (κ2) is 11.0. The maximum Gasteiger partial charge on any atom is 0.167 e. The van der Waals surface area contributed by atoms with Crippen molar-refractivity contribution in [2.45, 2.75) is 44.6 Å². The van der Waals surface area contributed by atoms with Crippen LogP contribution in [0.2, 0.25) is 0 Å². The number of aliphatic imine (C=N–C) groups is 1. The van der Waals surface area contributed by atoms with E-state index in [4.69, 9.17) is 4.74 Å². The van der Waals surface area contributed by atoms with Gasteiger partial charge in [-0.2, -0.15) is 0 Å². The monoisotopic (exact) mass is 459 g/mol. The number of hydrogen-bond donors (Lipinski definition) is 2. The van der Waals surface area contributed by atoms with Crippen LogP contribution < -0.4 is 10.1 Å². The highest BCUT2D eigenvalue weighted by Gasteiger charge is 2.26. The molecule has 1 saturated carbocycles. The van der Waals surface area contributed by atoms with Crippen LogP contribution in [0.3, 0.4) is 0 Å². The molecule has 0 bridgehead atoms. The van der Waals surface area contributed by atoms with Crippen molar-refractivity contribution in [3.8, 4) is 5.75 Å². The van der Waals surface area contributed by atoms with Gasteiger partial charge in [-0.15, -0.1) is 11.3 Å². The second-order valence-corrected chi connectivity index (χ2v) is 9.57. The predicted molar refractivity (Wildman–Crippen MR) is 126 cm³/mol. The highest BCUT2D eigenvalue weighted by atomic mass is 32.1. The molecule has 32 heavy (non-hydrogen) atoms. The van der Waals surface area contributed by atoms with Crippen LogP contribution in [0.4, 0.5) is 15.8 Å². The van der Waals surface area contributed by atoms with Crippen molar-refractivity contribution in [2.24, 2.45) is 10.9 Å². The van der Waals surface area contributed by atoms with E-state index in [-0.39, 0.29) is 11.7 Å². The molecule has 2 fully saturated rings. The summed E-state index contributed by atoms with van der Waals surface area (Å²) in [6.07, 6.45) is 8.39. The molecular weight excluding hydrogens is 429 g/mol. The summed E-state index contributed by atoms with van der Waals surface area (Å²) < 4.78 is 19.9. The van der Waals surface area contributed by atoms with E-state index in [2.05, 4.69) is 15.2 Å². The van der Waals surface area contributed by atoms with Gasteiger partial charge in [0, 0.05) is 23.2 Å². The van der Waals surface area contributed by atoms with E-state index >= 15 is 0 Å². The molecule has 1 unspecified atom stereocenters. The summed E-state index contributed by atoms with van der Waals surface area (Å²) >= 11 is 1.28. The molecule has 0 radical (unpaired) electrons. The molecule has 6 nitrogen and oxygen atoms in total. The molecule has 2 aromatic rings. The number of halogens is 1. The number of nitrogens with zero attached hydrogens (tertiary/aromatic N) is 2. The van der Waals surface area contributed by atoms with Crippen molar-refractivity contribution >= 4 is 35.3 Å². The SMILES string of the molecule is O=Cc1sc(C(O)C2CCCC2)cc1N=CNc1ccc(OCCN2CCCC2)c(F)c1. The van der Waals surface area contributed by atoms with E-state index in [1.807, 2.05) is 0 Å². The van der Waals surface area contributed by atoms with Crippen LogP contribution in [0, 0.1) is 11.7 Å². The van der Waals surface area contributed by atoms with Gasteiger partial charge in [0.25, 0.3) is 0 Å². The lowest BCUT2D eigenvalue weighted by atomic mass is 10.00. The van der Waals surface area contributed by atoms with Crippen LogP contribution in [0.25, 0.3) is 0 Å². The second-order valence-electron chi connectivity index (χ2n) is 8.45. The number of ether oxygens (including phenoxy) is 1. The Bertz CT molecular complexity index is 937. The van der Waals surface area contributed by atoms with Crippen molar-refractivity contribution in [2.75, 3.05) is 31.6 Å². The van der Waals surface area contributed by atoms with Crippen LogP contribution in [-0.4, -0.2) is 48.9 Å². The molecule has 1 aliphatic heterocycles. The smallest absolute Gasteiger partial charge is 0.167 e. The number of aldehydes is 1. The number of aliphatic hydroxyl groups excluding tert-OH is 1. The number of hydrogen-bond acceptors (Lipinski definition) is 6. The third-order valence-corrected chi connectivity index (χ3v) is 7.35. The Hall–Kier alpha value is -2.29. The first-order valence-corrected chi connectivity index (χ1v) is 12.2. The van der Waals surface area contributed by atoms with Gasteiger partial charge in [-0.25, -0.2) is 9.38 Å². The Morgan fingerprint density at radius 3 is 2.75 bits per heavy atom. The maximum absolute atomic E-state index is 14.4. The molecule has 1 saturated heterocycles. The molecule has 2 heterocycles. The molecule has 1 aliphatic carbocycles. The average Bonchev–Trinajstić information content (AvgIpc) is 3.57. The Morgan fingerprint density at radius 1 is 1.25 bits per heavy atom. The van der Waals surface area contributed by atoms with Gasteiger partial charge in [0.2, 0.25) is 0 Å². The third-order valence-electron chi connectivity index (χ3n) is 6.23. The zero-order chi connectivity index (χ0) is 22.3. The van der Waals surface area contributed by atoms with Gasteiger partial charge in [-0.3, -0.25) is 9.69 Å². The zero-order valence-corrected chi connectivity index (χ0v) is 19.0. The summed E-state index contributed by atoms with van der Waals surface area (Å²) in [6.45, 7) is 3.45. The normalized spacial score (nSPS) is 18.4. The lowest BCUT2D eigenvalue weighted by Crippen LogP contribution is -2.25. The molecule has 4 rings (SSSR count). The van der Waals surface area contributed by atoms with Crippen LogP contribution in [0.1, 0.15) is 59.2 Å². The minimum absolute atomic E-state index is 0.235. The number of nitrogens with one attached hydrogen (secondary N) is 1. The first-order valence-electron chi connectivity index (χ1n) is 11.3. The molecular formula is C24H30FN3O3S. The lowest BCUT2D eigenvalue weighted by Gasteiger charge is -2.15. The number of aliphatic hydroxyl groups is 1. The van der Waals surface area contributed by atoms with Gasteiger partial charge in [-0.1, -0.05) is 12.8 Å². The molecule has 2 N–H and O–H groups in total. The standard InChI is InChI=1S/C24H30FN3O3S/c25-19-13-18(7-8-21(19)31-12-11-28-9-3-4-10-28)26-16-27-20-14-22(32-23(20)15-29)24(30)17-5-1-2-6-17/h7-8,13-17,24,30H,1-6,9-12H2,(H,26,27). The summed E-state index contributed by atoms with van der Waals surface area (Å²) in [5, 5.41) is 13.5. The molecule has 172 valence electrons. The van der Waals surface area contributed by atoms with Gasteiger partial charge in [0.15, 0.2) is 17.9 Å². The van der Waals surface area contributed by atoms with Gasteiger partial charge in [0.05, 0.1) is 23.0 Å². The Labute approximate surface area is 192 Å². The van der Waals surface area contributed by atoms with E-state index in [1.54, 1.807) is 18.2 Å². The maximum atomic E-state index is 14.4. The van der Waals surface area contributed by atoms with Gasteiger partial charge < -0.3 is 15.2 Å². The summed E-state index contributed by atoms with van der Waals surface area (Å²) in [5.74, 6) is 0.0522.